The Kier molecular flexibility index (Phi) is 4.69. The quantitative estimate of drug-likeness (QED) is 0.677. The van der Waals surface area contributed by atoms with Gasteiger partial charge in [0, 0.05) is 15.8 Å². The minimum absolute atomic E-state index is 0.131. The predicted molar refractivity (Wildman–Crippen MR) is 74.9 cm³/mol. The molecule has 0 radical (unpaired) electrons. The number of esters is 1. The Bertz CT molecular complexity index is 473. The number of benzene rings is 1. The van der Waals surface area contributed by atoms with E-state index in [1.54, 1.807) is 6.92 Å². The second-order valence-corrected chi connectivity index (χ2v) is 5.96. The monoisotopic (exact) mass is 283 g/mol. The molecule has 104 valence electrons. The van der Waals surface area contributed by atoms with Gasteiger partial charge in [-0.15, -0.1) is 11.8 Å². The van der Waals surface area contributed by atoms with E-state index in [0.29, 0.717) is 10.1 Å². The zero-order valence-corrected chi connectivity index (χ0v) is 11.8. The van der Waals surface area contributed by atoms with Gasteiger partial charge >= 0.3 is 5.97 Å². The van der Waals surface area contributed by atoms with E-state index in [0.717, 1.165) is 12.8 Å². The summed E-state index contributed by atoms with van der Waals surface area (Å²) < 4.78 is 18.8. The fourth-order valence-electron chi connectivity index (χ4n) is 2.23. The Hall–Kier alpha value is -1.23. The van der Waals surface area contributed by atoms with Crippen LogP contribution in [0.25, 0.3) is 0 Å². The van der Waals surface area contributed by atoms with Crippen LogP contribution in [-0.2, 0) is 4.74 Å². The average Bonchev–Trinajstić information content (AvgIpc) is 2.85. The number of halogens is 1. The summed E-state index contributed by atoms with van der Waals surface area (Å²) in [5.74, 6) is -0.851. The molecule has 5 heteroatoms. The van der Waals surface area contributed by atoms with E-state index in [4.69, 9.17) is 10.5 Å². The first-order chi connectivity index (χ1) is 9.11. The van der Waals surface area contributed by atoms with Crippen LogP contribution in [0.2, 0.25) is 0 Å². The molecule has 19 heavy (non-hydrogen) atoms. The maximum Gasteiger partial charge on any atom is 0.340 e. The maximum atomic E-state index is 13.9. The van der Waals surface area contributed by atoms with Gasteiger partial charge in [-0.25, -0.2) is 9.18 Å². The van der Waals surface area contributed by atoms with Crippen LogP contribution in [0.4, 0.5) is 10.1 Å². The lowest BCUT2D eigenvalue weighted by molar-refractivity contribution is 0.0527. The molecule has 0 bridgehead atoms. The van der Waals surface area contributed by atoms with Crippen LogP contribution >= 0.6 is 11.8 Å². The third-order valence-corrected chi connectivity index (χ3v) is 4.57. The second-order valence-electron chi connectivity index (χ2n) is 4.61. The van der Waals surface area contributed by atoms with Gasteiger partial charge in [0.1, 0.15) is 5.82 Å². The van der Waals surface area contributed by atoms with E-state index in [2.05, 4.69) is 0 Å². The molecule has 2 N–H and O–H groups in total. The summed E-state index contributed by atoms with van der Waals surface area (Å²) in [7, 11) is 0. The Balaban J connectivity index is 2.22. The highest BCUT2D eigenvalue weighted by atomic mass is 32.2. The predicted octanol–water partition coefficient (Wildman–Crippen LogP) is 3.62. The maximum absolute atomic E-state index is 13.9. The van der Waals surface area contributed by atoms with Crippen molar-refractivity contribution in [2.45, 2.75) is 42.8 Å². The first-order valence-corrected chi connectivity index (χ1v) is 7.42. The van der Waals surface area contributed by atoms with Crippen molar-refractivity contribution < 1.29 is 13.9 Å². The van der Waals surface area contributed by atoms with Crippen molar-refractivity contribution in [1.29, 1.82) is 0 Å². The number of carbonyl (C=O) groups is 1. The number of nitrogens with two attached hydrogens (primary N) is 1. The minimum Gasteiger partial charge on any atom is -0.462 e. The van der Waals surface area contributed by atoms with Crippen LogP contribution in [-0.4, -0.2) is 17.8 Å². The molecule has 0 aliphatic heterocycles. The lowest BCUT2D eigenvalue weighted by Gasteiger charge is -2.12. The molecule has 0 amide bonds. The highest BCUT2D eigenvalue weighted by Gasteiger charge is 2.20. The summed E-state index contributed by atoms with van der Waals surface area (Å²) in [4.78, 5) is 12.2. The number of ether oxygens (including phenoxy) is 1. The molecule has 1 saturated carbocycles. The van der Waals surface area contributed by atoms with E-state index < -0.39 is 5.97 Å². The number of nitrogen functional groups attached to an aromatic ring is 1. The van der Waals surface area contributed by atoms with Gasteiger partial charge in [-0.05, 0) is 31.9 Å². The third-order valence-electron chi connectivity index (χ3n) is 3.20. The summed E-state index contributed by atoms with van der Waals surface area (Å²) in [6.45, 7) is 2.01. The molecule has 0 aromatic heterocycles. The molecule has 0 heterocycles. The minimum atomic E-state index is -0.492. The molecule has 1 fully saturated rings. The first-order valence-electron chi connectivity index (χ1n) is 6.54. The molecule has 0 saturated heterocycles. The van der Waals surface area contributed by atoms with Crippen LogP contribution in [0.3, 0.4) is 0 Å². The van der Waals surface area contributed by atoms with E-state index in [1.165, 1.54) is 36.7 Å². The summed E-state index contributed by atoms with van der Waals surface area (Å²) in [5, 5.41) is 0.438. The molecule has 1 aliphatic rings. The van der Waals surface area contributed by atoms with Gasteiger partial charge in [0.05, 0.1) is 12.2 Å². The van der Waals surface area contributed by atoms with Crippen LogP contribution < -0.4 is 5.73 Å². The Morgan fingerprint density at radius 1 is 1.47 bits per heavy atom. The van der Waals surface area contributed by atoms with E-state index in [1.807, 2.05) is 0 Å². The number of anilines is 1. The zero-order chi connectivity index (χ0) is 13.8. The summed E-state index contributed by atoms with van der Waals surface area (Å²) in [6, 6.07) is 2.73. The summed E-state index contributed by atoms with van der Waals surface area (Å²) >= 11 is 1.50. The lowest BCUT2D eigenvalue weighted by atomic mass is 10.2. The number of carbonyl (C=O) groups excluding carboxylic acids is 1. The smallest absolute Gasteiger partial charge is 0.340 e. The molecule has 0 spiro atoms. The highest BCUT2D eigenvalue weighted by molar-refractivity contribution is 8.00. The molecule has 0 atom stereocenters. The van der Waals surface area contributed by atoms with Gasteiger partial charge in [-0.2, -0.15) is 0 Å². The topological polar surface area (TPSA) is 52.3 Å². The number of hydrogen-bond acceptors (Lipinski definition) is 4. The van der Waals surface area contributed by atoms with Gasteiger partial charge in [0.15, 0.2) is 0 Å². The van der Waals surface area contributed by atoms with Gasteiger partial charge < -0.3 is 10.5 Å². The third kappa shape index (κ3) is 3.41. The number of hydrogen-bond donors (Lipinski definition) is 1. The van der Waals surface area contributed by atoms with Crippen LogP contribution in [0.15, 0.2) is 17.0 Å². The largest absolute Gasteiger partial charge is 0.462 e. The normalized spacial score (nSPS) is 15.7. The van der Waals surface area contributed by atoms with Gasteiger partial charge in [0.25, 0.3) is 0 Å². The van der Waals surface area contributed by atoms with Gasteiger partial charge in [0.2, 0.25) is 0 Å². The SMILES string of the molecule is CCOC(=O)c1cc(SC2CCCC2)c(F)cc1N. The second kappa shape index (κ2) is 6.28. The van der Waals surface area contributed by atoms with Crippen LogP contribution in [0.5, 0.6) is 0 Å². The average molecular weight is 283 g/mol. The van der Waals surface area contributed by atoms with Crippen molar-refractivity contribution in [3.63, 3.8) is 0 Å². The van der Waals surface area contributed by atoms with Gasteiger partial charge in [-0.3, -0.25) is 0 Å². The van der Waals surface area contributed by atoms with Crippen molar-refractivity contribution in [1.82, 2.24) is 0 Å². The molecule has 1 aromatic rings. The van der Waals surface area contributed by atoms with Crippen molar-refractivity contribution >= 4 is 23.4 Å². The van der Waals surface area contributed by atoms with E-state index >= 15 is 0 Å². The van der Waals surface area contributed by atoms with Crippen molar-refractivity contribution in [3.05, 3.63) is 23.5 Å². The Labute approximate surface area is 116 Å². The zero-order valence-electron chi connectivity index (χ0n) is 10.9. The fourth-order valence-corrected chi connectivity index (χ4v) is 3.52. The van der Waals surface area contributed by atoms with E-state index in [9.17, 15) is 9.18 Å². The Morgan fingerprint density at radius 3 is 2.79 bits per heavy atom. The highest BCUT2D eigenvalue weighted by Crippen LogP contribution is 2.37. The molecule has 0 unspecified atom stereocenters. The molecule has 1 aromatic carbocycles. The van der Waals surface area contributed by atoms with Crippen molar-refractivity contribution in [2.24, 2.45) is 0 Å². The van der Waals surface area contributed by atoms with Crippen molar-refractivity contribution in [2.75, 3.05) is 12.3 Å². The summed E-state index contributed by atoms with van der Waals surface area (Å²) in [5.41, 5.74) is 6.06. The standard InChI is InChI=1S/C14H18FNO2S/c1-2-18-14(17)10-7-13(11(15)8-12(10)16)19-9-5-3-4-6-9/h7-9H,2-6,16H2,1H3. The molecule has 1 aliphatic carbocycles. The molecular formula is C14H18FNO2S. The molecule has 3 nitrogen and oxygen atoms in total. The lowest BCUT2D eigenvalue weighted by Crippen LogP contribution is -2.09. The molecule has 2 rings (SSSR count). The van der Waals surface area contributed by atoms with E-state index in [-0.39, 0.29) is 23.7 Å². The summed E-state index contributed by atoms with van der Waals surface area (Å²) in [6.07, 6.45) is 4.59. The Morgan fingerprint density at radius 2 is 2.16 bits per heavy atom. The van der Waals surface area contributed by atoms with Crippen molar-refractivity contribution in [3.8, 4) is 0 Å². The number of thioether (sulfide) groups is 1. The number of rotatable bonds is 4. The first kappa shape index (κ1) is 14.2. The van der Waals surface area contributed by atoms with Crippen LogP contribution in [0.1, 0.15) is 43.0 Å². The van der Waals surface area contributed by atoms with Crippen LogP contribution in [0, 0.1) is 5.82 Å². The van der Waals surface area contributed by atoms with Gasteiger partial charge in [-0.1, -0.05) is 12.8 Å². The fraction of sp³-hybridized carbons (Fsp3) is 0.500. The molecular weight excluding hydrogens is 265 g/mol.